The van der Waals surface area contributed by atoms with Crippen LogP contribution in [0.5, 0.6) is 0 Å². The number of hydrogen-bond donors (Lipinski definition) is 1. The second kappa shape index (κ2) is 6.18. The number of hydrogen-bond acceptors (Lipinski definition) is 3. The first-order valence-electron chi connectivity index (χ1n) is 4.97. The van der Waals surface area contributed by atoms with Gasteiger partial charge < -0.3 is 10.1 Å². The molecule has 0 aliphatic carbocycles. The van der Waals surface area contributed by atoms with Gasteiger partial charge in [-0.25, -0.2) is 0 Å². The van der Waals surface area contributed by atoms with Crippen LogP contribution in [0.3, 0.4) is 0 Å². The summed E-state index contributed by atoms with van der Waals surface area (Å²) < 4.78 is 5.46. The summed E-state index contributed by atoms with van der Waals surface area (Å²) in [4.78, 5) is 0. The van der Waals surface area contributed by atoms with E-state index in [9.17, 15) is 0 Å². The molecule has 1 rings (SSSR count). The first-order valence-corrected chi connectivity index (χ1v) is 4.97. The molecule has 0 saturated heterocycles. The maximum atomic E-state index is 8.69. The van der Waals surface area contributed by atoms with E-state index >= 15 is 0 Å². The number of rotatable bonds is 5. The lowest BCUT2D eigenvalue weighted by Crippen LogP contribution is -2.28. The minimum absolute atomic E-state index is 0.228. The summed E-state index contributed by atoms with van der Waals surface area (Å²) in [5.41, 5.74) is 2.39. The number of nitriles is 1. The summed E-state index contributed by atoms with van der Waals surface area (Å²) in [6.45, 7) is 3.03. The molecule has 0 bridgehead atoms. The predicted molar refractivity (Wildman–Crippen MR) is 59.3 cm³/mol. The van der Waals surface area contributed by atoms with Crippen LogP contribution in [0.1, 0.15) is 11.1 Å². The Bertz CT molecular complexity index is 344. The van der Waals surface area contributed by atoms with Gasteiger partial charge in [-0.1, -0.05) is 24.3 Å². The molecule has 1 aromatic rings. The van der Waals surface area contributed by atoms with Gasteiger partial charge in [0.25, 0.3) is 0 Å². The van der Waals surface area contributed by atoms with Crippen molar-refractivity contribution in [3.8, 4) is 6.07 Å². The molecule has 0 spiro atoms. The Hall–Kier alpha value is -1.37. The normalized spacial score (nSPS) is 12.1. The van der Waals surface area contributed by atoms with Crippen molar-refractivity contribution in [1.29, 1.82) is 5.26 Å². The van der Waals surface area contributed by atoms with Crippen LogP contribution in [-0.2, 0) is 11.3 Å². The minimum Gasteiger partial charge on any atom is -0.374 e. The van der Waals surface area contributed by atoms with Gasteiger partial charge in [-0.2, -0.15) is 5.26 Å². The van der Waals surface area contributed by atoms with Gasteiger partial charge >= 0.3 is 0 Å². The van der Waals surface area contributed by atoms with Crippen molar-refractivity contribution in [2.45, 2.75) is 19.6 Å². The van der Waals surface area contributed by atoms with E-state index in [1.54, 1.807) is 7.05 Å². The molecule has 0 radical (unpaired) electrons. The standard InChI is InChI=1S/C12H16N2O/c1-10-5-3-4-6-11(10)8-15-9-12(7-13)14-2/h3-6,12,14H,8-9H2,1-2H3. The zero-order valence-electron chi connectivity index (χ0n) is 9.16. The van der Waals surface area contributed by atoms with E-state index < -0.39 is 0 Å². The topological polar surface area (TPSA) is 45.0 Å². The number of likely N-dealkylation sites (N-methyl/N-ethyl adjacent to an activating group) is 1. The molecule has 0 amide bonds. The third-order valence-electron chi connectivity index (χ3n) is 2.31. The highest BCUT2D eigenvalue weighted by molar-refractivity contribution is 5.24. The van der Waals surface area contributed by atoms with Gasteiger partial charge in [-0.05, 0) is 25.1 Å². The van der Waals surface area contributed by atoms with Crippen LogP contribution in [0.15, 0.2) is 24.3 Å². The molecule has 3 nitrogen and oxygen atoms in total. The summed E-state index contributed by atoms with van der Waals surface area (Å²) in [5, 5.41) is 11.6. The van der Waals surface area contributed by atoms with Gasteiger partial charge in [0.2, 0.25) is 0 Å². The molecule has 0 saturated carbocycles. The smallest absolute Gasteiger partial charge is 0.119 e. The van der Waals surface area contributed by atoms with E-state index in [1.165, 1.54) is 11.1 Å². The summed E-state index contributed by atoms with van der Waals surface area (Å²) >= 11 is 0. The molecule has 80 valence electrons. The Morgan fingerprint density at radius 3 is 2.80 bits per heavy atom. The molecular formula is C12H16N2O. The summed E-state index contributed by atoms with van der Waals surface area (Å²) in [5.74, 6) is 0. The van der Waals surface area contributed by atoms with Crippen LogP contribution < -0.4 is 5.32 Å². The maximum Gasteiger partial charge on any atom is 0.119 e. The molecule has 15 heavy (non-hydrogen) atoms. The van der Waals surface area contributed by atoms with Crippen LogP contribution in [0.25, 0.3) is 0 Å². The number of benzene rings is 1. The Balaban J connectivity index is 2.39. The molecule has 0 aromatic heterocycles. The van der Waals surface area contributed by atoms with E-state index in [1.807, 2.05) is 18.2 Å². The molecule has 1 atom stereocenters. The number of ether oxygens (including phenoxy) is 1. The van der Waals surface area contributed by atoms with Crippen molar-refractivity contribution < 1.29 is 4.74 Å². The zero-order chi connectivity index (χ0) is 11.1. The van der Waals surface area contributed by atoms with E-state index in [0.29, 0.717) is 13.2 Å². The average molecular weight is 204 g/mol. The van der Waals surface area contributed by atoms with Crippen LogP contribution in [0.4, 0.5) is 0 Å². The summed E-state index contributed by atoms with van der Waals surface area (Å²) in [7, 11) is 1.75. The van der Waals surface area contributed by atoms with Crippen LogP contribution in [-0.4, -0.2) is 19.7 Å². The number of nitrogens with one attached hydrogen (secondary N) is 1. The summed E-state index contributed by atoms with van der Waals surface area (Å²) in [6, 6.07) is 9.98. The molecule has 1 aromatic carbocycles. The van der Waals surface area contributed by atoms with Crippen molar-refractivity contribution >= 4 is 0 Å². The second-order valence-electron chi connectivity index (χ2n) is 3.41. The van der Waals surface area contributed by atoms with Gasteiger partial charge in [0.05, 0.1) is 19.3 Å². The van der Waals surface area contributed by atoms with Crippen molar-refractivity contribution in [2.75, 3.05) is 13.7 Å². The lowest BCUT2D eigenvalue weighted by Gasteiger charge is -2.09. The Labute approximate surface area is 90.7 Å². The Morgan fingerprint density at radius 2 is 2.20 bits per heavy atom. The minimum atomic E-state index is -0.228. The lowest BCUT2D eigenvalue weighted by molar-refractivity contribution is 0.111. The monoisotopic (exact) mass is 204 g/mol. The fraction of sp³-hybridized carbons (Fsp3) is 0.417. The molecule has 0 aliphatic heterocycles. The average Bonchev–Trinajstić information content (AvgIpc) is 2.27. The third-order valence-corrected chi connectivity index (χ3v) is 2.31. The van der Waals surface area contributed by atoms with Gasteiger partial charge in [-0.3, -0.25) is 0 Å². The first kappa shape index (κ1) is 11.7. The highest BCUT2D eigenvalue weighted by Gasteiger charge is 2.04. The molecule has 0 aliphatic rings. The predicted octanol–water partition coefficient (Wildman–Crippen LogP) is 1.62. The molecule has 0 heterocycles. The van der Waals surface area contributed by atoms with Gasteiger partial charge in [0.1, 0.15) is 6.04 Å². The Morgan fingerprint density at radius 1 is 1.47 bits per heavy atom. The molecular weight excluding hydrogens is 188 g/mol. The fourth-order valence-electron chi connectivity index (χ4n) is 1.24. The third kappa shape index (κ3) is 3.70. The Kier molecular flexibility index (Phi) is 4.82. The summed E-state index contributed by atoms with van der Waals surface area (Å²) in [6.07, 6.45) is 0. The van der Waals surface area contributed by atoms with Gasteiger partial charge in [-0.15, -0.1) is 0 Å². The van der Waals surface area contributed by atoms with Crippen LogP contribution >= 0.6 is 0 Å². The van der Waals surface area contributed by atoms with Crippen molar-refractivity contribution in [3.63, 3.8) is 0 Å². The molecule has 3 heteroatoms. The van der Waals surface area contributed by atoms with Crippen molar-refractivity contribution in [1.82, 2.24) is 5.32 Å². The largest absolute Gasteiger partial charge is 0.374 e. The van der Waals surface area contributed by atoms with E-state index in [4.69, 9.17) is 10.00 Å². The molecule has 0 fully saturated rings. The molecule has 1 N–H and O–H groups in total. The highest BCUT2D eigenvalue weighted by Crippen LogP contribution is 2.08. The second-order valence-corrected chi connectivity index (χ2v) is 3.41. The van der Waals surface area contributed by atoms with E-state index in [0.717, 1.165) is 0 Å². The fourth-order valence-corrected chi connectivity index (χ4v) is 1.24. The first-order chi connectivity index (χ1) is 7.27. The molecule has 1 unspecified atom stereocenters. The number of nitrogens with zero attached hydrogens (tertiary/aromatic N) is 1. The van der Waals surface area contributed by atoms with Crippen molar-refractivity contribution in [3.05, 3.63) is 35.4 Å². The van der Waals surface area contributed by atoms with Crippen LogP contribution in [0, 0.1) is 18.3 Å². The van der Waals surface area contributed by atoms with Crippen LogP contribution in [0.2, 0.25) is 0 Å². The SMILES string of the molecule is CNC(C#N)COCc1ccccc1C. The maximum absolute atomic E-state index is 8.69. The number of aryl methyl sites for hydroxylation is 1. The van der Waals surface area contributed by atoms with E-state index in [2.05, 4.69) is 24.4 Å². The lowest BCUT2D eigenvalue weighted by atomic mass is 10.1. The van der Waals surface area contributed by atoms with Gasteiger partial charge in [0.15, 0.2) is 0 Å². The quantitative estimate of drug-likeness (QED) is 0.792. The zero-order valence-corrected chi connectivity index (χ0v) is 9.16. The van der Waals surface area contributed by atoms with Crippen molar-refractivity contribution in [2.24, 2.45) is 0 Å². The highest BCUT2D eigenvalue weighted by atomic mass is 16.5. The van der Waals surface area contributed by atoms with Gasteiger partial charge in [0, 0.05) is 0 Å². The van der Waals surface area contributed by atoms with E-state index in [-0.39, 0.29) is 6.04 Å².